The number of carbonyl (C=O) groups excluding carboxylic acids is 1. The number of β-amino-alcohol motifs (C(OH)–C–C–N with tert-alkyl or cyclic N) is 1. The maximum Gasteiger partial charge on any atom is 0.416 e. The summed E-state index contributed by atoms with van der Waals surface area (Å²) < 4.78 is 60.5. The van der Waals surface area contributed by atoms with Gasteiger partial charge in [-0.25, -0.2) is 19.2 Å². The summed E-state index contributed by atoms with van der Waals surface area (Å²) in [7, 11) is 0. The summed E-state index contributed by atoms with van der Waals surface area (Å²) >= 11 is 5.79. The number of alkyl halides is 3. The van der Waals surface area contributed by atoms with E-state index in [1.54, 1.807) is 10.2 Å². The van der Waals surface area contributed by atoms with E-state index in [0.717, 1.165) is 6.07 Å². The molecule has 1 aliphatic heterocycles. The zero-order chi connectivity index (χ0) is 23.2. The Bertz CT molecular complexity index is 1160. The monoisotopic (exact) mass is 473 g/mol. The highest BCUT2D eigenvalue weighted by Crippen LogP contribution is 2.39. The molecule has 0 saturated carbocycles. The predicted molar refractivity (Wildman–Crippen MR) is 107 cm³/mol. The lowest BCUT2D eigenvalue weighted by Gasteiger charge is -2.35. The number of carbonyl (C=O) groups is 1. The largest absolute Gasteiger partial charge is 0.455 e. The van der Waals surface area contributed by atoms with Gasteiger partial charge in [-0.2, -0.15) is 13.2 Å². The summed E-state index contributed by atoms with van der Waals surface area (Å²) in [5, 5.41) is 13.4. The third-order valence-corrected chi connectivity index (χ3v) is 5.12. The SMILES string of the molecule is Cc1c([C@@H](NC(=O)Nc2cnc(N3CC(O)C3)nc2)C(F)(F)F)oc2c(F)cc(Cl)cc12. The molecular formula is C19H16ClF4N5O3. The van der Waals surface area contributed by atoms with E-state index < -0.39 is 41.5 Å². The van der Waals surface area contributed by atoms with Crippen molar-refractivity contribution in [2.24, 2.45) is 0 Å². The van der Waals surface area contributed by atoms with Gasteiger partial charge in [-0.1, -0.05) is 11.6 Å². The van der Waals surface area contributed by atoms with Crippen LogP contribution >= 0.6 is 11.6 Å². The molecule has 1 fully saturated rings. The number of rotatable bonds is 4. The minimum Gasteiger partial charge on any atom is -0.455 e. The molecule has 1 aromatic carbocycles. The molecule has 0 unspecified atom stereocenters. The quantitative estimate of drug-likeness (QED) is 0.496. The standard InChI is InChI=1S/C19H16ClF4N5O3/c1-8-12-2-9(20)3-13(21)15(12)32-14(8)16(19(22,23)24)28-18(31)27-10-4-25-17(26-5-10)29-6-11(30)7-29/h2-5,11,16,30H,6-7H2,1H3,(H2,27,28,31)/t16-/m1/s1. The highest BCUT2D eigenvalue weighted by molar-refractivity contribution is 6.31. The fourth-order valence-electron chi connectivity index (χ4n) is 3.30. The number of halogens is 5. The van der Waals surface area contributed by atoms with Gasteiger partial charge in [0.2, 0.25) is 5.95 Å². The molecule has 0 spiro atoms. The van der Waals surface area contributed by atoms with Crippen molar-refractivity contribution in [1.82, 2.24) is 15.3 Å². The Kier molecular flexibility index (Phi) is 5.59. The number of amides is 2. The molecule has 3 heterocycles. The van der Waals surface area contributed by atoms with E-state index in [9.17, 15) is 27.5 Å². The Balaban J connectivity index is 1.53. The van der Waals surface area contributed by atoms with Crippen LogP contribution in [0.25, 0.3) is 11.0 Å². The number of hydrogen-bond acceptors (Lipinski definition) is 6. The molecule has 4 rings (SSSR count). The number of aliphatic hydroxyl groups excluding tert-OH is 1. The van der Waals surface area contributed by atoms with Gasteiger partial charge in [-0.05, 0) is 19.1 Å². The normalized spacial score (nSPS) is 15.5. The van der Waals surface area contributed by atoms with Crippen molar-refractivity contribution in [2.75, 3.05) is 23.3 Å². The molecule has 32 heavy (non-hydrogen) atoms. The van der Waals surface area contributed by atoms with Gasteiger partial charge in [-0.15, -0.1) is 0 Å². The van der Waals surface area contributed by atoms with Crippen LogP contribution in [-0.2, 0) is 0 Å². The Morgan fingerprint density at radius 3 is 2.56 bits per heavy atom. The number of urea groups is 1. The summed E-state index contributed by atoms with van der Waals surface area (Å²) in [6.45, 7) is 2.04. The summed E-state index contributed by atoms with van der Waals surface area (Å²) in [5.41, 5.74) is -0.348. The Morgan fingerprint density at radius 1 is 1.31 bits per heavy atom. The molecule has 3 N–H and O–H groups in total. The van der Waals surface area contributed by atoms with Crippen LogP contribution in [0.1, 0.15) is 17.4 Å². The summed E-state index contributed by atoms with van der Waals surface area (Å²) in [4.78, 5) is 21.9. The van der Waals surface area contributed by atoms with Crippen LogP contribution < -0.4 is 15.5 Å². The summed E-state index contributed by atoms with van der Waals surface area (Å²) in [6.07, 6.45) is -2.96. The number of anilines is 2. The van der Waals surface area contributed by atoms with Crippen molar-refractivity contribution in [2.45, 2.75) is 25.2 Å². The van der Waals surface area contributed by atoms with Gasteiger partial charge in [-0.3, -0.25) is 0 Å². The van der Waals surface area contributed by atoms with Crippen LogP contribution in [0.4, 0.5) is 34.0 Å². The molecule has 13 heteroatoms. The zero-order valence-electron chi connectivity index (χ0n) is 16.4. The second kappa shape index (κ2) is 8.10. The summed E-state index contributed by atoms with van der Waals surface area (Å²) in [6, 6.07) is -1.53. The van der Waals surface area contributed by atoms with Crippen LogP contribution in [0.5, 0.6) is 0 Å². The number of nitrogens with one attached hydrogen (secondary N) is 2. The van der Waals surface area contributed by atoms with E-state index in [-0.39, 0.29) is 21.7 Å². The lowest BCUT2D eigenvalue weighted by atomic mass is 10.1. The molecule has 0 radical (unpaired) electrons. The van der Waals surface area contributed by atoms with Gasteiger partial charge in [0.25, 0.3) is 0 Å². The van der Waals surface area contributed by atoms with Gasteiger partial charge < -0.3 is 25.1 Å². The molecule has 0 bridgehead atoms. The van der Waals surface area contributed by atoms with Gasteiger partial charge in [0.15, 0.2) is 17.4 Å². The number of furan rings is 1. The molecule has 170 valence electrons. The number of hydrogen-bond donors (Lipinski definition) is 3. The minimum atomic E-state index is -4.94. The van der Waals surface area contributed by atoms with Crippen molar-refractivity contribution in [1.29, 1.82) is 0 Å². The average molecular weight is 474 g/mol. The first-order valence-corrected chi connectivity index (χ1v) is 9.68. The first kappa shape index (κ1) is 22.1. The maximum atomic E-state index is 14.1. The average Bonchev–Trinajstić information content (AvgIpc) is 3.00. The number of nitrogens with zero attached hydrogens (tertiary/aromatic N) is 3. The van der Waals surface area contributed by atoms with Gasteiger partial charge in [0.1, 0.15) is 5.76 Å². The van der Waals surface area contributed by atoms with Crippen LogP contribution in [0.3, 0.4) is 0 Å². The molecule has 3 aromatic rings. The number of aliphatic hydroxyl groups is 1. The third kappa shape index (κ3) is 4.28. The molecule has 2 aromatic heterocycles. The second-order valence-corrected chi connectivity index (χ2v) is 7.70. The van der Waals surface area contributed by atoms with E-state index in [1.807, 2.05) is 0 Å². The van der Waals surface area contributed by atoms with E-state index >= 15 is 0 Å². The summed E-state index contributed by atoms with van der Waals surface area (Å²) in [5.74, 6) is -1.26. The van der Waals surface area contributed by atoms with E-state index in [2.05, 4.69) is 15.3 Å². The van der Waals surface area contributed by atoms with E-state index in [0.29, 0.717) is 19.0 Å². The first-order valence-electron chi connectivity index (χ1n) is 9.30. The fourth-order valence-corrected chi connectivity index (χ4v) is 3.50. The number of aryl methyl sites for hydroxylation is 1. The highest BCUT2D eigenvalue weighted by Gasteiger charge is 2.45. The number of fused-ring (bicyclic) bond motifs is 1. The lowest BCUT2D eigenvalue weighted by molar-refractivity contribution is -0.158. The molecule has 1 atom stereocenters. The smallest absolute Gasteiger partial charge is 0.416 e. The lowest BCUT2D eigenvalue weighted by Crippen LogP contribution is -2.51. The second-order valence-electron chi connectivity index (χ2n) is 7.26. The maximum absolute atomic E-state index is 14.1. The highest BCUT2D eigenvalue weighted by atomic mass is 35.5. The third-order valence-electron chi connectivity index (χ3n) is 4.90. The van der Waals surface area contributed by atoms with Crippen LogP contribution in [-0.4, -0.2) is 46.5 Å². The number of benzene rings is 1. The molecular weight excluding hydrogens is 458 g/mol. The predicted octanol–water partition coefficient (Wildman–Crippen LogP) is 3.93. The molecule has 1 aliphatic rings. The topological polar surface area (TPSA) is 104 Å². The van der Waals surface area contributed by atoms with E-state index in [1.165, 1.54) is 25.4 Å². The van der Waals surface area contributed by atoms with E-state index in [4.69, 9.17) is 16.0 Å². The minimum absolute atomic E-state index is 0.00380. The Labute approximate surface area is 183 Å². The van der Waals surface area contributed by atoms with Crippen LogP contribution in [0, 0.1) is 12.7 Å². The van der Waals surface area contributed by atoms with Gasteiger partial charge in [0.05, 0.1) is 24.2 Å². The van der Waals surface area contributed by atoms with Crippen molar-refractivity contribution < 1.29 is 31.9 Å². The van der Waals surface area contributed by atoms with Crippen LogP contribution in [0.2, 0.25) is 5.02 Å². The molecule has 1 saturated heterocycles. The molecule has 0 aliphatic carbocycles. The molecule has 2 amide bonds. The van der Waals surface area contributed by atoms with Gasteiger partial charge in [0, 0.05) is 29.1 Å². The Morgan fingerprint density at radius 2 is 1.97 bits per heavy atom. The number of aromatic nitrogens is 2. The van der Waals surface area contributed by atoms with Crippen LogP contribution in [0.15, 0.2) is 28.9 Å². The van der Waals surface area contributed by atoms with Crippen molar-refractivity contribution in [3.8, 4) is 0 Å². The van der Waals surface area contributed by atoms with Crippen molar-refractivity contribution >= 4 is 40.2 Å². The first-order chi connectivity index (χ1) is 15.0. The van der Waals surface area contributed by atoms with Crippen molar-refractivity contribution in [3.05, 3.63) is 46.7 Å². The van der Waals surface area contributed by atoms with Crippen molar-refractivity contribution in [3.63, 3.8) is 0 Å². The van der Waals surface area contributed by atoms with Gasteiger partial charge >= 0.3 is 12.2 Å². The fraction of sp³-hybridized carbons (Fsp3) is 0.316. The Hall–Kier alpha value is -3.12. The zero-order valence-corrected chi connectivity index (χ0v) is 17.1. The molecule has 8 nitrogen and oxygen atoms in total.